The molecule has 0 spiro atoms. The van der Waals surface area contributed by atoms with E-state index in [2.05, 4.69) is 36.5 Å². The average Bonchev–Trinajstić information content (AvgIpc) is 3.22. The van der Waals surface area contributed by atoms with Gasteiger partial charge in [0.15, 0.2) is 0 Å². The van der Waals surface area contributed by atoms with Gasteiger partial charge in [-0.05, 0) is 43.9 Å². The number of aliphatic hydroxyl groups excluding tert-OH is 1. The molecule has 1 saturated carbocycles. The van der Waals surface area contributed by atoms with Crippen LogP contribution in [-0.4, -0.2) is 30.1 Å². The second-order valence-electron chi connectivity index (χ2n) is 5.26. The summed E-state index contributed by atoms with van der Waals surface area (Å²) in [5, 5.41) is 13.0. The standard InChI is InChI=1S/C15H23NOS/c1-12-5-3-4-6-13(12)9-18-11-15(10-17,16-2)14-7-8-14/h3-6,14,16-17H,7-11H2,1-2H3. The van der Waals surface area contributed by atoms with Crippen LogP contribution in [0.1, 0.15) is 24.0 Å². The Labute approximate surface area is 114 Å². The van der Waals surface area contributed by atoms with Crippen LogP contribution in [-0.2, 0) is 5.75 Å². The maximum absolute atomic E-state index is 9.66. The minimum Gasteiger partial charge on any atom is -0.394 e. The number of likely N-dealkylation sites (N-methyl/N-ethyl adjacent to an activating group) is 1. The first-order valence-corrected chi connectivity index (χ1v) is 7.79. The summed E-state index contributed by atoms with van der Waals surface area (Å²) in [6, 6.07) is 8.54. The van der Waals surface area contributed by atoms with Crippen molar-refractivity contribution in [2.75, 3.05) is 19.4 Å². The van der Waals surface area contributed by atoms with Gasteiger partial charge in [-0.15, -0.1) is 0 Å². The van der Waals surface area contributed by atoms with Crippen LogP contribution in [0.15, 0.2) is 24.3 Å². The quantitative estimate of drug-likeness (QED) is 0.795. The first-order valence-electron chi connectivity index (χ1n) is 6.64. The maximum Gasteiger partial charge on any atom is 0.0624 e. The first-order chi connectivity index (χ1) is 8.72. The summed E-state index contributed by atoms with van der Waals surface area (Å²) in [5.74, 6) is 2.68. The molecular formula is C15H23NOS. The van der Waals surface area contributed by atoms with Crippen LogP contribution in [0.3, 0.4) is 0 Å². The second kappa shape index (κ2) is 6.09. The Kier molecular flexibility index (Phi) is 4.71. The topological polar surface area (TPSA) is 32.3 Å². The summed E-state index contributed by atoms with van der Waals surface area (Å²) >= 11 is 1.92. The minimum atomic E-state index is -0.0622. The molecule has 1 aromatic rings. The molecule has 0 amide bonds. The molecule has 0 aliphatic heterocycles. The van der Waals surface area contributed by atoms with Gasteiger partial charge in [-0.1, -0.05) is 24.3 Å². The van der Waals surface area contributed by atoms with Gasteiger partial charge < -0.3 is 10.4 Å². The molecule has 0 heterocycles. The third-order valence-corrected chi connectivity index (χ3v) is 5.25. The summed E-state index contributed by atoms with van der Waals surface area (Å²) < 4.78 is 0. The predicted octanol–water partition coefficient (Wildman–Crippen LogP) is 2.59. The highest BCUT2D eigenvalue weighted by Crippen LogP contribution is 2.41. The van der Waals surface area contributed by atoms with Gasteiger partial charge in [0.05, 0.1) is 12.1 Å². The molecule has 0 aromatic heterocycles. The summed E-state index contributed by atoms with van der Waals surface area (Å²) in [6.07, 6.45) is 2.51. The fraction of sp³-hybridized carbons (Fsp3) is 0.600. The second-order valence-corrected chi connectivity index (χ2v) is 6.24. The normalized spacial score (nSPS) is 18.6. The molecule has 0 bridgehead atoms. The molecule has 18 heavy (non-hydrogen) atoms. The van der Waals surface area contributed by atoms with Crippen LogP contribution < -0.4 is 5.32 Å². The number of benzene rings is 1. The molecule has 1 fully saturated rings. The molecule has 3 heteroatoms. The van der Waals surface area contributed by atoms with Gasteiger partial charge in [0.2, 0.25) is 0 Å². The van der Waals surface area contributed by atoms with Gasteiger partial charge in [0.1, 0.15) is 0 Å². The molecule has 1 aromatic carbocycles. The highest BCUT2D eigenvalue weighted by atomic mass is 32.2. The molecule has 0 saturated heterocycles. The molecule has 2 nitrogen and oxygen atoms in total. The van der Waals surface area contributed by atoms with Crippen molar-refractivity contribution in [3.8, 4) is 0 Å². The van der Waals surface area contributed by atoms with E-state index in [-0.39, 0.29) is 12.1 Å². The van der Waals surface area contributed by atoms with Gasteiger partial charge in [0.25, 0.3) is 0 Å². The summed E-state index contributed by atoms with van der Waals surface area (Å²) in [4.78, 5) is 0. The van der Waals surface area contributed by atoms with Crippen LogP contribution in [0.5, 0.6) is 0 Å². The number of hydrogen-bond acceptors (Lipinski definition) is 3. The van der Waals surface area contributed by atoms with Crippen molar-refractivity contribution in [1.82, 2.24) is 5.32 Å². The highest BCUT2D eigenvalue weighted by Gasteiger charge is 2.43. The van der Waals surface area contributed by atoms with Crippen LogP contribution >= 0.6 is 11.8 Å². The smallest absolute Gasteiger partial charge is 0.0624 e. The Hall–Kier alpha value is -0.510. The monoisotopic (exact) mass is 265 g/mol. The van der Waals surface area contributed by atoms with Crippen molar-refractivity contribution in [3.63, 3.8) is 0 Å². The number of aliphatic hydroxyl groups is 1. The van der Waals surface area contributed by atoms with Gasteiger partial charge in [0, 0.05) is 11.5 Å². The lowest BCUT2D eigenvalue weighted by atomic mass is 9.97. The fourth-order valence-electron chi connectivity index (χ4n) is 2.40. The number of hydrogen-bond donors (Lipinski definition) is 2. The average molecular weight is 265 g/mol. The number of thioether (sulfide) groups is 1. The van der Waals surface area contributed by atoms with Gasteiger partial charge in [-0.25, -0.2) is 0 Å². The number of rotatable bonds is 7. The van der Waals surface area contributed by atoms with Gasteiger partial charge >= 0.3 is 0 Å². The largest absolute Gasteiger partial charge is 0.394 e. The zero-order chi connectivity index (χ0) is 13.0. The van der Waals surface area contributed by atoms with E-state index in [1.165, 1.54) is 24.0 Å². The molecule has 1 atom stereocenters. The van der Waals surface area contributed by atoms with Crippen molar-refractivity contribution in [3.05, 3.63) is 35.4 Å². The molecular weight excluding hydrogens is 242 g/mol. The molecule has 0 radical (unpaired) electrons. The lowest BCUT2D eigenvalue weighted by Crippen LogP contribution is -2.51. The van der Waals surface area contributed by atoms with Crippen molar-refractivity contribution >= 4 is 11.8 Å². The van der Waals surface area contributed by atoms with Crippen LogP contribution in [0, 0.1) is 12.8 Å². The Morgan fingerprint density at radius 3 is 2.67 bits per heavy atom. The van der Waals surface area contributed by atoms with E-state index < -0.39 is 0 Å². The van der Waals surface area contributed by atoms with Crippen molar-refractivity contribution < 1.29 is 5.11 Å². The summed E-state index contributed by atoms with van der Waals surface area (Å²) in [5.41, 5.74) is 2.70. The maximum atomic E-state index is 9.66. The zero-order valence-corrected chi connectivity index (χ0v) is 12.1. The highest BCUT2D eigenvalue weighted by molar-refractivity contribution is 7.98. The first kappa shape index (κ1) is 13.9. The van der Waals surface area contributed by atoms with Crippen LogP contribution in [0.2, 0.25) is 0 Å². The summed E-state index contributed by atoms with van der Waals surface area (Å²) in [6.45, 7) is 2.41. The molecule has 1 aliphatic carbocycles. The Morgan fingerprint density at radius 1 is 1.39 bits per heavy atom. The van der Waals surface area contributed by atoms with Crippen molar-refractivity contribution in [2.45, 2.75) is 31.1 Å². The van der Waals surface area contributed by atoms with E-state index in [4.69, 9.17) is 0 Å². The SMILES string of the molecule is CNC(CO)(CSCc1ccccc1C)C1CC1. The van der Waals surface area contributed by atoms with E-state index in [0.717, 1.165) is 11.5 Å². The van der Waals surface area contributed by atoms with Gasteiger partial charge in [-0.3, -0.25) is 0 Å². The fourth-order valence-corrected chi connectivity index (χ4v) is 3.88. The van der Waals surface area contributed by atoms with Crippen LogP contribution in [0.25, 0.3) is 0 Å². The zero-order valence-electron chi connectivity index (χ0n) is 11.3. The van der Waals surface area contributed by atoms with Crippen LogP contribution in [0.4, 0.5) is 0 Å². The molecule has 1 aliphatic rings. The lowest BCUT2D eigenvalue weighted by molar-refractivity contribution is 0.167. The third kappa shape index (κ3) is 3.08. The van der Waals surface area contributed by atoms with Crippen molar-refractivity contribution in [1.29, 1.82) is 0 Å². The number of nitrogens with one attached hydrogen (secondary N) is 1. The Morgan fingerprint density at radius 2 is 2.11 bits per heavy atom. The number of aryl methyl sites for hydroxylation is 1. The lowest BCUT2D eigenvalue weighted by Gasteiger charge is -2.31. The van der Waals surface area contributed by atoms with E-state index in [0.29, 0.717) is 5.92 Å². The van der Waals surface area contributed by atoms with Crippen molar-refractivity contribution in [2.24, 2.45) is 5.92 Å². The Balaban J connectivity index is 1.89. The predicted molar refractivity (Wildman–Crippen MR) is 78.9 cm³/mol. The Bertz CT molecular complexity index is 386. The molecule has 2 rings (SSSR count). The van der Waals surface area contributed by atoms with Gasteiger partial charge in [-0.2, -0.15) is 11.8 Å². The molecule has 100 valence electrons. The van der Waals surface area contributed by atoms with E-state index >= 15 is 0 Å². The van der Waals surface area contributed by atoms with E-state index in [9.17, 15) is 5.11 Å². The van der Waals surface area contributed by atoms with E-state index in [1.807, 2.05) is 18.8 Å². The summed E-state index contributed by atoms with van der Waals surface area (Å²) in [7, 11) is 1.98. The minimum absolute atomic E-state index is 0.0622. The van der Waals surface area contributed by atoms with E-state index in [1.54, 1.807) is 0 Å². The molecule has 2 N–H and O–H groups in total. The third-order valence-electron chi connectivity index (χ3n) is 4.02. The molecule has 1 unspecified atom stereocenters.